The standard InChI is InChI=1S/C23H29FN4O2/c1-5-18(6-2)28-10-9-27(14-22(28)29)23(30)19-11-17(7-8-20(19)24)12-21-16(4)15(3)13-25-26-21/h7-8,11,13,18H,5-6,9-10,12,14H2,1-4H3. The number of amides is 2. The molecule has 1 saturated heterocycles. The molecule has 1 aliphatic rings. The third-order valence-electron chi connectivity index (χ3n) is 6.01. The van der Waals surface area contributed by atoms with Crippen molar-refractivity contribution in [3.63, 3.8) is 0 Å². The normalized spacial score (nSPS) is 14.5. The molecule has 160 valence electrons. The third-order valence-corrected chi connectivity index (χ3v) is 6.01. The molecule has 1 aliphatic heterocycles. The number of carbonyl (C=O) groups excluding carboxylic acids is 2. The maximum atomic E-state index is 14.5. The monoisotopic (exact) mass is 412 g/mol. The van der Waals surface area contributed by atoms with Gasteiger partial charge in [-0.1, -0.05) is 19.9 Å². The molecule has 1 fully saturated rings. The molecule has 0 bridgehead atoms. The van der Waals surface area contributed by atoms with Crippen LogP contribution < -0.4 is 0 Å². The summed E-state index contributed by atoms with van der Waals surface area (Å²) in [6.45, 7) is 8.93. The Morgan fingerprint density at radius 2 is 1.93 bits per heavy atom. The Hall–Kier alpha value is -2.83. The van der Waals surface area contributed by atoms with Crippen molar-refractivity contribution in [2.24, 2.45) is 0 Å². The Labute approximate surface area is 177 Å². The van der Waals surface area contributed by atoms with Crippen molar-refractivity contribution in [3.8, 4) is 0 Å². The highest BCUT2D eigenvalue weighted by atomic mass is 19.1. The molecule has 0 radical (unpaired) electrons. The lowest BCUT2D eigenvalue weighted by Gasteiger charge is -2.38. The van der Waals surface area contributed by atoms with Gasteiger partial charge in [0.2, 0.25) is 5.91 Å². The summed E-state index contributed by atoms with van der Waals surface area (Å²) in [6, 6.07) is 4.72. The van der Waals surface area contributed by atoms with Crippen LogP contribution in [0.15, 0.2) is 24.4 Å². The summed E-state index contributed by atoms with van der Waals surface area (Å²) in [5.41, 5.74) is 3.64. The molecule has 1 aromatic heterocycles. The van der Waals surface area contributed by atoms with Crippen LogP contribution in [-0.4, -0.2) is 57.5 Å². The van der Waals surface area contributed by atoms with Gasteiger partial charge in [-0.3, -0.25) is 9.59 Å². The zero-order valence-electron chi connectivity index (χ0n) is 18.1. The highest BCUT2D eigenvalue weighted by Crippen LogP contribution is 2.20. The molecule has 0 N–H and O–H groups in total. The first-order valence-corrected chi connectivity index (χ1v) is 10.5. The summed E-state index contributed by atoms with van der Waals surface area (Å²) in [5, 5.41) is 8.17. The minimum Gasteiger partial charge on any atom is -0.336 e. The smallest absolute Gasteiger partial charge is 0.257 e. The lowest BCUT2D eigenvalue weighted by molar-refractivity contribution is -0.137. The third kappa shape index (κ3) is 4.50. The topological polar surface area (TPSA) is 66.4 Å². The lowest BCUT2D eigenvalue weighted by Crippen LogP contribution is -2.55. The fraction of sp³-hybridized carbons (Fsp3) is 0.478. The van der Waals surface area contributed by atoms with Crippen LogP contribution in [0.4, 0.5) is 4.39 Å². The molecule has 2 amide bonds. The zero-order valence-corrected chi connectivity index (χ0v) is 18.1. The van der Waals surface area contributed by atoms with Crippen LogP contribution in [0.5, 0.6) is 0 Å². The van der Waals surface area contributed by atoms with Gasteiger partial charge in [-0.05, 0) is 55.5 Å². The van der Waals surface area contributed by atoms with Crippen molar-refractivity contribution >= 4 is 11.8 Å². The van der Waals surface area contributed by atoms with Gasteiger partial charge in [0, 0.05) is 25.6 Å². The summed E-state index contributed by atoms with van der Waals surface area (Å²) in [6.07, 6.45) is 3.93. The summed E-state index contributed by atoms with van der Waals surface area (Å²) >= 11 is 0. The van der Waals surface area contributed by atoms with Gasteiger partial charge in [0.15, 0.2) is 0 Å². The molecular formula is C23H29FN4O2. The van der Waals surface area contributed by atoms with E-state index in [1.165, 1.54) is 11.0 Å². The minimum absolute atomic E-state index is 0.00505. The Kier molecular flexibility index (Phi) is 6.80. The number of rotatable bonds is 6. The largest absolute Gasteiger partial charge is 0.336 e. The number of carbonyl (C=O) groups is 2. The number of piperazine rings is 1. The van der Waals surface area contributed by atoms with Crippen LogP contribution in [0.2, 0.25) is 0 Å². The van der Waals surface area contributed by atoms with Crippen molar-refractivity contribution in [2.75, 3.05) is 19.6 Å². The van der Waals surface area contributed by atoms with E-state index in [1.54, 1.807) is 18.3 Å². The fourth-order valence-corrected chi connectivity index (χ4v) is 3.94. The van der Waals surface area contributed by atoms with Crippen LogP contribution in [0.25, 0.3) is 0 Å². The van der Waals surface area contributed by atoms with E-state index in [2.05, 4.69) is 24.0 Å². The van der Waals surface area contributed by atoms with E-state index in [9.17, 15) is 14.0 Å². The van der Waals surface area contributed by atoms with Gasteiger partial charge in [-0.25, -0.2) is 4.39 Å². The summed E-state index contributed by atoms with van der Waals surface area (Å²) in [4.78, 5) is 28.9. The molecule has 7 heteroatoms. The Morgan fingerprint density at radius 1 is 1.20 bits per heavy atom. The van der Waals surface area contributed by atoms with Gasteiger partial charge in [-0.15, -0.1) is 0 Å². The minimum atomic E-state index is -0.578. The first-order valence-electron chi connectivity index (χ1n) is 10.5. The van der Waals surface area contributed by atoms with Crippen molar-refractivity contribution in [1.82, 2.24) is 20.0 Å². The highest BCUT2D eigenvalue weighted by molar-refractivity contribution is 5.97. The van der Waals surface area contributed by atoms with E-state index in [-0.39, 0.29) is 24.1 Å². The van der Waals surface area contributed by atoms with E-state index in [4.69, 9.17) is 0 Å². The van der Waals surface area contributed by atoms with E-state index in [0.717, 1.165) is 35.2 Å². The Bertz CT molecular complexity index is 943. The molecule has 0 spiro atoms. The average molecular weight is 413 g/mol. The Balaban J connectivity index is 1.77. The number of aryl methyl sites for hydroxylation is 1. The number of nitrogens with zero attached hydrogens (tertiary/aromatic N) is 4. The van der Waals surface area contributed by atoms with Crippen LogP contribution in [0, 0.1) is 19.7 Å². The van der Waals surface area contributed by atoms with Crippen molar-refractivity contribution < 1.29 is 14.0 Å². The quantitative estimate of drug-likeness (QED) is 0.730. The fourth-order valence-electron chi connectivity index (χ4n) is 3.94. The molecule has 0 aliphatic carbocycles. The molecule has 0 atom stereocenters. The van der Waals surface area contributed by atoms with E-state index in [0.29, 0.717) is 19.5 Å². The van der Waals surface area contributed by atoms with Gasteiger partial charge in [-0.2, -0.15) is 10.2 Å². The highest BCUT2D eigenvalue weighted by Gasteiger charge is 2.31. The van der Waals surface area contributed by atoms with Crippen molar-refractivity contribution in [1.29, 1.82) is 0 Å². The van der Waals surface area contributed by atoms with Gasteiger partial charge in [0.1, 0.15) is 12.4 Å². The molecule has 2 heterocycles. The number of hydrogen-bond acceptors (Lipinski definition) is 4. The number of benzene rings is 1. The van der Waals surface area contributed by atoms with E-state index in [1.807, 2.05) is 18.7 Å². The van der Waals surface area contributed by atoms with Crippen LogP contribution in [-0.2, 0) is 11.2 Å². The predicted octanol–water partition coefficient (Wildman–Crippen LogP) is 3.30. The molecule has 0 saturated carbocycles. The number of halogens is 1. The number of aromatic nitrogens is 2. The second-order valence-corrected chi connectivity index (χ2v) is 7.87. The zero-order chi connectivity index (χ0) is 21.8. The molecular weight excluding hydrogens is 383 g/mol. The average Bonchev–Trinajstić information content (AvgIpc) is 2.74. The predicted molar refractivity (Wildman–Crippen MR) is 113 cm³/mol. The van der Waals surface area contributed by atoms with Gasteiger partial charge < -0.3 is 9.80 Å². The van der Waals surface area contributed by atoms with E-state index < -0.39 is 11.7 Å². The van der Waals surface area contributed by atoms with Crippen LogP contribution in [0.1, 0.15) is 59.4 Å². The SMILES string of the molecule is CCC(CC)N1CCN(C(=O)c2cc(Cc3nncc(C)c3C)ccc2F)CC1=O. The second kappa shape index (κ2) is 9.32. The van der Waals surface area contributed by atoms with Crippen molar-refractivity contribution in [3.05, 3.63) is 58.2 Å². The van der Waals surface area contributed by atoms with Gasteiger partial charge in [0.25, 0.3) is 5.91 Å². The Morgan fingerprint density at radius 3 is 2.60 bits per heavy atom. The first kappa shape index (κ1) is 21.9. The molecule has 30 heavy (non-hydrogen) atoms. The van der Waals surface area contributed by atoms with Gasteiger partial charge >= 0.3 is 0 Å². The maximum absolute atomic E-state index is 14.5. The van der Waals surface area contributed by atoms with Crippen LogP contribution in [0.3, 0.4) is 0 Å². The maximum Gasteiger partial charge on any atom is 0.257 e. The summed E-state index contributed by atoms with van der Waals surface area (Å²) in [5.74, 6) is -1.10. The molecule has 0 unspecified atom stereocenters. The summed E-state index contributed by atoms with van der Waals surface area (Å²) in [7, 11) is 0. The van der Waals surface area contributed by atoms with Crippen LogP contribution >= 0.6 is 0 Å². The first-order chi connectivity index (χ1) is 14.3. The molecule has 3 rings (SSSR count). The second-order valence-electron chi connectivity index (χ2n) is 7.87. The molecule has 1 aromatic carbocycles. The summed E-state index contributed by atoms with van der Waals surface area (Å²) < 4.78 is 14.5. The molecule has 2 aromatic rings. The number of hydrogen-bond donors (Lipinski definition) is 0. The lowest BCUT2D eigenvalue weighted by atomic mass is 10.0. The van der Waals surface area contributed by atoms with Crippen molar-refractivity contribution in [2.45, 2.75) is 53.0 Å². The van der Waals surface area contributed by atoms with Gasteiger partial charge in [0.05, 0.1) is 17.5 Å². The van der Waals surface area contributed by atoms with E-state index >= 15 is 0 Å². The molecule has 6 nitrogen and oxygen atoms in total.